The fourth-order valence-electron chi connectivity index (χ4n) is 1.69. The molecule has 112 valence electrons. The van der Waals surface area contributed by atoms with Crippen LogP contribution in [-0.2, 0) is 4.79 Å². The van der Waals surface area contributed by atoms with Gasteiger partial charge < -0.3 is 15.8 Å². The highest BCUT2D eigenvalue weighted by atomic mass is 35.5. The second kappa shape index (κ2) is 8.07. The number of nitrogens with one attached hydrogen (secondary N) is 1. The van der Waals surface area contributed by atoms with Gasteiger partial charge in [-0.15, -0.1) is 12.4 Å². The molecule has 1 aliphatic carbocycles. The number of amides is 1. The summed E-state index contributed by atoms with van der Waals surface area (Å²) in [5.74, 6) is 0.469. The minimum atomic E-state index is -0.370. The number of halogens is 2. The smallest absolute Gasteiger partial charge is 0.224 e. The molecule has 20 heavy (non-hydrogen) atoms. The van der Waals surface area contributed by atoms with Crippen LogP contribution in [0.15, 0.2) is 18.2 Å². The van der Waals surface area contributed by atoms with Crippen LogP contribution < -0.4 is 15.8 Å². The van der Waals surface area contributed by atoms with Crippen molar-refractivity contribution in [3.63, 3.8) is 0 Å². The number of benzene rings is 1. The molecule has 2 rings (SSSR count). The molecule has 1 fully saturated rings. The van der Waals surface area contributed by atoms with E-state index in [9.17, 15) is 9.18 Å². The summed E-state index contributed by atoms with van der Waals surface area (Å²) in [6, 6.07) is 4.14. The summed E-state index contributed by atoms with van der Waals surface area (Å²) in [7, 11) is 0. The Morgan fingerprint density at radius 2 is 2.20 bits per heavy atom. The van der Waals surface area contributed by atoms with Crippen LogP contribution in [0.1, 0.15) is 25.7 Å². The van der Waals surface area contributed by atoms with E-state index in [1.807, 2.05) is 0 Å². The largest absolute Gasteiger partial charge is 0.491 e. The molecule has 1 amide bonds. The number of hydrogen-bond donors (Lipinski definition) is 2. The lowest BCUT2D eigenvalue weighted by Gasteiger charge is -2.12. The van der Waals surface area contributed by atoms with Crippen molar-refractivity contribution in [3.8, 4) is 5.75 Å². The Bertz CT molecular complexity index is 453. The molecule has 0 atom stereocenters. The van der Waals surface area contributed by atoms with Crippen molar-refractivity contribution < 1.29 is 13.9 Å². The lowest BCUT2D eigenvalue weighted by atomic mass is 10.2. The van der Waals surface area contributed by atoms with Crippen LogP contribution in [0.4, 0.5) is 10.1 Å². The van der Waals surface area contributed by atoms with Gasteiger partial charge in [0.05, 0.1) is 12.3 Å². The number of ether oxygens (including phenoxy) is 1. The molecule has 0 bridgehead atoms. The molecule has 0 saturated heterocycles. The first-order valence-corrected chi connectivity index (χ1v) is 6.61. The Labute approximate surface area is 124 Å². The Morgan fingerprint density at radius 3 is 2.85 bits per heavy atom. The third kappa shape index (κ3) is 5.35. The Kier molecular flexibility index (Phi) is 6.75. The van der Waals surface area contributed by atoms with Crippen LogP contribution in [0, 0.1) is 11.7 Å². The van der Waals surface area contributed by atoms with Gasteiger partial charge in [0, 0.05) is 12.5 Å². The van der Waals surface area contributed by atoms with Crippen molar-refractivity contribution >= 4 is 24.0 Å². The van der Waals surface area contributed by atoms with Gasteiger partial charge in [-0.1, -0.05) is 0 Å². The fraction of sp³-hybridized carbons (Fsp3) is 0.500. The van der Waals surface area contributed by atoms with Crippen molar-refractivity contribution in [2.24, 2.45) is 11.7 Å². The summed E-state index contributed by atoms with van der Waals surface area (Å²) >= 11 is 0. The standard InChI is InChI=1S/C14H19FN2O2.ClH/c15-11-5-6-12(17-14(18)2-1-7-16)13(8-11)19-9-10-3-4-10;/h5-6,8,10H,1-4,7,9,16H2,(H,17,18);1H. The maximum absolute atomic E-state index is 13.2. The predicted molar refractivity (Wildman–Crippen MR) is 78.8 cm³/mol. The molecule has 4 nitrogen and oxygen atoms in total. The molecule has 0 heterocycles. The van der Waals surface area contributed by atoms with E-state index in [4.69, 9.17) is 10.5 Å². The predicted octanol–water partition coefficient (Wildman–Crippen LogP) is 2.71. The Balaban J connectivity index is 0.00000200. The molecule has 0 aromatic heterocycles. The zero-order valence-electron chi connectivity index (χ0n) is 11.2. The summed E-state index contributed by atoms with van der Waals surface area (Å²) in [5.41, 5.74) is 5.87. The summed E-state index contributed by atoms with van der Waals surface area (Å²) in [5, 5.41) is 2.73. The van der Waals surface area contributed by atoms with Crippen molar-refractivity contribution in [1.29, 1.82) is 0 Å². The lowest BCUT2D eigenvalue weighted by Crippen LogP contribution is -2.14. The fourth-order valence-corrected chi connectivity index (χ4v) is 1.69. The monoisotopic (exact) mass is 302 g/mol. The molecule has 1 aliphatic rings. The van der Waals surface area contributed by atoms with Gasteiger partial charge in [-0.2, -0.15) is 0 Å². The molecular formula is C14H20ClFN2O2. The van der Waals surface area contributed by atoms with Gasteiger partial charge in [0.15, 0.2) is 0 Å². The van der Waals surface area contributed by atoms with E-state index in [-0.39, 0.29) is 24.1 Å². The van der Waals surface area contributed by atoms with Crippen LogP contribution in [0.5, 0.6) is 5.75 Å². The molecule has 1 aromatic rings. The summed E-state index contributed by atoms with van der Waals surface area (Å²) in [6.45, 7) is 1.05. The third-order valence-electron chi connectivity index (χ3n) is 3.00. The first-order valence-electron chi connectivity index (χ1n) is 6.61. The van der Waals surface area contributed by atoms with Gasteiger partial charge in [-0.05, 0) is 43.9 Å². The molecule has 3 N–H and O–H groups in total. The number of anilines is 1. The highest BCUT2D eigenvalue weighted by Crippen LogP contribution is 2.32. The Morgan fingerprint density at radius 1 is 1.45 bits per heavy atom. The van der Waals surface area contributed by atoms with Crippen LogP contribution in [0.2, 0.25) is 0 Å². The number of carbonyl (C=O) groups excluding carboxylic acids is 1. The molecular weight excluding hydrogens is 283 g/mol. The number of rotatable bonds is 7. The summed E-state index contributed by atoms with van der Waals surface area (Å²) in [4.78, 5) is 11.6. The minimum Gasteiger partial charge on any atom is -0.491 e. The van der Waals surface area contributed by atoms with Crippen molar-refractivity contribution in [2.75, 3.05) is 18.5 Å². The van der Waals surface area contributed by atoms with Crippen LogP contribution in [-0.4, -0.2) is 19.1 Å². The quantitative estimate of drug-likeness (QED) is 0.814. The van der Waals surface area contributed by atoms with Gasteiger partial charge in [0.25, 0.3) is 0 Å². The van der Waals surface area contributed by atoms with Gasteiger partial charge in [-0.3, -0.25) is 4.79 Å². The van der Waals surface area contributed by atoms with Crippen molar-refractivity contribution in [2.45, 2.75) is 25.7 Å². The molecule has 0 radical (unpaired) electrons. The number of hydrogen-bond acceptors (Lipinski definition) is 3. The van der Waals surface area contributed by atoms with E-state index in [0.717, 1.165) is 12.8 Å². The lowest BCUT2D eigenvalue weighted by molar-refractivity contribution is -0.116. The van der Waals surface area contributed by atoms with Crippen molar-refractivity contribution in [1.82, 2.24) is 0 Å². The average molecular weight is 303 g/mol. The SMILES string of the molecule is Cl.NCCCC(=O)Nc1ccc(F)cc1OCC1CC1. The molecule has 0 aliphatic heterocycles. The number of nitrogens with two attached hydrogens (primary N) is 1. The maximum atomic E-state index is 13.2. The highest BCUT2D eigenvalue weighted by molar-refractivity contribution is 5.92. The van der Waals surface area contributed by atoms with E-state index in [2.05, 4.69) is 5.32 Å². The van der Waals surface area contributed by atoms with E-state index < -0.39 is 0 Å². The second-order valence-electron chi connectivity index (χ2n) is 4.84. The molecule has 0 unspecified atom stereocenters. The normalized spacial score (nSPS) is 13.5. The van der Waals surface area contributed by atoms with E-state index in [0.29, 0.717) is 43.3 Å². The van der Waals surface area contributed by atoms with E-state index >= 15 is 0 Å². The molecule has 1 aromatic carbocycles. The van der Waals surface area contributed by atoms with E-state index in [1.165, 1.54) is 18.2 Å². The van der Waals surface area contributed by atoms with Crippen LogP contribution in [0.3, 0.4) is 0 Å². The minimum absolute atomic E-state index is 0. The summed E-state index contributed by atoms with van der Waals surface area (Å²) < 4.78 is 18.8. The zero-order chi connectivity index (χ0) is 13.7. The Hall–Kier alpha value is -1.33. The first kappa shape index (κ1) is 16.7. The van der Waals surface area contributed by atoms with Gasteiger partial charge in [0.2, 0.25) is 5.91 Å². The number of carbonyl (C=O) groups is 1. The molecule has 0 spiro atoms. The molecule has 1 saturated carbocycles. The average Bonchev–Trinajstić information content (AvgIpc) is 3.20. The van der Waals surface area contributed by atoms with E-state index in [1.54, 1.807) is 0 Å². The highest BCUT2D eigenvalue weighted by Gasteiger charge is 2.22. The first-order chi connectivity index (χ1) is 9.19. The van der Waals surface area contributed by atoms with Crippen LogP contribution >= 0.6 is 12.4 Å². The van der Waals surface area contributed by atoms with Gasteiger partial charge >= 0.3 is 0 Å². The maximum Gasteiger partial charge on any atom is 0.224 e. The summed E-state index contributed by atoms with van der Waals surface area (Å²) in [6.07, 6.45) is 3.31. The van der Waals surface area contributed by atoms with Crippen LogP contribution in [0.25, 0.3) is 0 Å². The van der Waals surface area contributed by atoms with Gasteiger partial charge in [0.1, 0.15) is 11.6 Å². The van der Waals surface area contributed by atoms with Crippen molar-refractivity contribution in [3.05, 3.63) is 24.0 Å². The zero-order valence-corrected chi connectivity index (χ0v) is 12.0. The third-order valence-corrected chi connectivity index (χ3v) is 3.00. The second-order valence-corrected chi connectivity index (χ2v) is 4.84. The van der Waals surface area contributed by atoms with Gasteiger partial charge in [-0.25, -0.2) is 4.39 Å². The molecule has 6 heteroatoms. The topological polar surface area (TPSA) is 64.4 Å².